The van der Waals surface area contributed by atoms with E-state index in [1.165, 1.54) is 0 Å². The maximum Gasteiger partial charge on any atom is 0.274 e. The molecule has 5 nitrogen and oxygen atoms in total. The highest BCUT2D eigenvalue weighted by atomic mass is 35.5. The number of hydrogen-bond acceptors (Lipinski definition) is 3. The zero-order valence-electron chi connectivity index (χ0n) is 13.8. The molecule has 2 aromatic carbocycles. The average molecular weight is 363 g/mol. The Morgan fingerprint density at radius 2 is 1.85 bits per heavy atom. The molecule has 2 aromatic heterocycles. The summed E-state index contributed by atoms with van der Waals surface area (Å²) in [6, 6.07) is 19.0. The molecular formula is C20H15ClN4O. The highest BCUT2D eigenvalue weighted by Crippen LogP contribution is 2.23. The normalized spacial score (nSPS) is 10.8. The molecule has 0 aliphatic heterocycles. The predicted molar refractivity (Wildman–Crippen MR) is 102 cm³/mol. The fourth-order valence-corrected chi connectivity index (χ4v) is 2.99. The van der Waals surface area contributed by atoms with Crippen LogP contribution in [0.15, 0.2) is 73.1 Å². The van der Waals surface area contributed by atoms with Crippen molar-refractivity contribution in [2.75, 3.05) is 5.32 Å². The van der Waals surface area contributed by atoms with Gasteiger partial charge in [0.15, 0.2) is 0 Å². The largest absolute Gasteiger partial charge is 0.318 e. The molecule has 6 heteroatoms. The third kappa shape index (κ3) is 3.43. The summed E-state index contributed by atoms with van der Waals surface area (Å²) in [7, 11) is 0. The number of carbonyl (C=O) groups excluding carboxylic acids is 1. The van der Waals surface area contributed by atoms with E-state index in [-0.39, 0.29) is 11.6 Å². The van der Waals surface area contributed by atoms with Gasteiger partial charge in [0, 0.05) is 11.6 Å². The Morgan fingerprint density at radius 3 is 2.69 bits per heavy atom. The van der Waals surface area contributed by atoms with Crippen LogP contribution in [0.4, 0.5) is 5.69 Å². The number of nitrogens with zero attached hydrogens (tertiary/aromatic N) is 3. The first-order valence-electron chi connectivity index (χ1n) is 8.12. The minimum absolute atomic E-state index is 0.268. The van der Waals surface area contributed by atoms with Crippen LogP contribution in [0.1, 0.15) is 16.1 Å². The minimum atomic E-state index is -0.322. The van der Waals surface area contributed by atoms with Crippen molar-refractivity contribution in [3.8, 4) is 0 Å². The standard InChI is InChI=1S/C20H15ClN4O/c21-17-10-19(24-18-9-5-4-8-16(17)18)20(26)23-15-11-22-25(13-15)12-14-6-2-1-3-7-14/h1-11,13H,12H2,(H,23,26). The lowest BCUT2D eigenvalue weighted by atomic mass is 10.2. The lowest BCUT2D eigenvalue weighted by molar-refractivity contribution is 0.102. The van der Waals surface area contributed by atoms with Gasteiger partial charge in [-0.3, -0.25) is 9.48 Å². The van der Waals surface area contributed by atoms with Crippen molar-refractivity contribution in [3.05, 3.63) is 89.3 Å². The van der Waals surface area contributed by atoms with Gasteiger partial charge in [-0.05, 0) is 17.7 Å². The molecular weight excluding hydrogens is 348 g/mol. The average Bonchev–Trinajstić information content (AvgIpc) is 3.09. The number of para-hydroxylation sites is 1. The van der Waals surface area contributed by atoms with Gasteiger partial charge in [0.2, 0.25) is 0 Å². The molecule has 0 radical (unpaired) electrons. The molecule has 26 heavy (non-hydrogen) atoms. The number of aromatic nitrogens is 3. The van der Waals surface area contributed by atoms with Gasteiger partial charge in [-0.1, -0.05) is 60.1 Å². The fourth-order valence-electron chi connectivity index (χ4n) is 2.73. The molecule has 0 unspecified atom stereocenters. The molecule has 0 saturated heterocycles. The molecule has 4 rings (SSSR count). The maximum atomic E-state index is 12.5. The first kappa shape index (κ1) is 16.3. The Morgan fingerprint density at radius 1 is 1.08 bits per heavy atom. The lowest BCUT2D eigenvalue weighted by Gasteiger charge is -2.05. The van der Waals surface area contributed by atoms with Crippen LogP contribution >= 0.6 is 11.6 Å². The van der Waals surface area contributed by atoms with E-state index in [1.807, 2.05) is 54.6 Å². The molecule has 0 aliphatic carbocycles. The third-order valence-electron chi connectivity index (χ3n) is 3.98. The monoisotopic (exact) mass is 362 g/mol. The number of hydrogen-bond donors (Lipinski definition) is 1. The van der Waals surface area contributed by atoms with Crippen molar-refractivity contribution in [1.29, 1.82) is 0 Å². The van der Waals surface area contributed by atoms with Crippen LogP contribution in [0.25, 0.3) is 10.9 Å². The van der Waals surface area contributed by atoms with Gasteiger partial charge in [0.05, 0.1) is 29.0 Å². The number of rotatable bonds is 4. The van der Waals surface area contributed by atoms with Gasteiger partial charge in [0.1, 0.15) is 5.69 Å². The van der Waals surface area contributed by atoms with Crippen molar-refractivity contribution in [2.24, 2.45) is 0 Å². The second kappa shape index (κ2) is 6.98. The molecule has 0 aliphatic rings. The number of carbonyl (C=O) groups is 1. The summed E-state index contributed by atoms with van der Waals surface area (Å²) in [4.78, 5) is 16.9. The van der Waals surface area contributed by atoms with Crippen molar-refractivity contribution < 1.29 is 4.79 Å². The zero-order valence-corrected chi connectivity index (χ0v) is 14.5. The first-order chi connectivity index (χ1) is 12.7. The summed E-state index contributed by atoms with van der Waals surface area (Å²) in [6.45, 7) is 0.636. The van der Waals surface area contributed by atoms with Crippen LogP contribution in [0.5, 0.6) is 0 Å². The van der Waals surface area contributed by atoms with E-state index >= 15 is 0 Å². The first-order valence-corrected chi connectivity index (χ1v) is 8.50. The van der Waals surface area contributed by atoms with Crippen molar-refractivity contribution in [1.82, 2.24) is 14.8 Å². The Labute approximate surface area is 155 Å². The highest BCUT2D eigenvalue weighted by molar-refractivity contribution is 6.35. The lowest BCUT2D eigenvalue weighted by Crippen LogP contribution is -2.13. The van der Waals surface area contributed by atoms with Crippen LogP contribution in [0.3, 0.4) is 0 Å². The van der Waals surface area contributed by atoms with Crippen LogP contribution < -0.4 is 5.32 Å². The Bertz CT molecular complexity index is 1080. The quantitative estimate of drug-likeness (QED) is 0.586. The number of fused-ring (bicyclic) bond motifs is 1. The Hall–Kier alpha value is -3.18. The molecule has 0 saturated carbocycles. The summed E-state index contributed by atoms with van der Waals surface area (Å²) in [6.07, 6.45) is 3.40. The summed E-state index contributed by atoms with van der Waals surface area (Å²) < 4.78 is 1.77. The molecule has 128 valence electrons. The SMILES string of the molecule is O=C(Nc1cnn(Cc2ccccc2)c1)c1cc(Cl)c2ccccc2n1. The number of benzene rings is 2. The van der Waals surface area contributed by atoms with E-state index in [0.29, 0.717) is 22.8 Å². The Kier molecular flexibility index (Phi) is 4.37. The molecule has 4 aromatic rings. The van der Waals surface area contributed by atoms with Crippen LogP contribution in [0.2, 0.25) is 5.02 Å². The van der Waals surface area contributed by atoms with Crippen LogP contribution in [0, 0.1) is 0 Å². The molecule has 0 spiro atoms. The second-order valence-corrected chi connectivity index (χ2v) is 6.28. The zero-order chi connectivity index (χ0) is 17.9. The number of pyridine rings is 1. The summed E-state index contributed by atoms with van der Waals surface area (Å²) in [5.74, 6) is -0.322. The van der Waals surface area contributed by atoms with E-state index in [0.717, 1.165) is 10.9 Å². The Balaban J connectivity index is 1.52. The smallest absolute Gasteiger partial charge is 0.274 e. The molecule has 0 fully saturated rings. The van der Waals surface area contributed by atoms with Gasteiger partial charge >= 0.3 is 0 Å². The molecule has 1 amide bonds. The molecule has 1 N–H and O–H groups in total. The number of anilines is 1. The second-order valence-electron chi connectivity index (χ2n) is 5.87. The number of amides is 1. The molecule has 0 bridgehead atoms. The molecule has 0 atom stereocenters. The van der Waals surface area contributed by atoms with E-state index < -0.39 is 0 Å². The van der Waals surface area contributed by atoms with E-state index in [4.69, 9.17) is 11.6 Å². The van der Waals surface area contributed by atoms with E-state index in [2.05, 4.69) is 15.4 Å². The number of nitrogens with one attached hydrogen (secondary N) is 1. The van der Waals surface area contributed by atoms with E-state index in [9.17, 15) is 4.79 Å². The van der Waals surface area contributed by atoms with Crippen LogP contribution in [-0.4, -0.2) is 20.7 Å². The van der Waals surface area contributed by atoms with Crippen LogP contribution in [-0.2, 0) is 6.54 Å². The third-order valence-corrected chi connectivity index (χ3v) is 4.29. The van der Waals surface area contributed by atoms with Crippen molar-refractivity contribution in [2.45, 2.75) is 6.54 Å². The van der Waals surface area contributed by atoms with Gasteiger partial charge < -0.3 is 5.32 Å². The minimum Gasteiger partial charge on any atom is -0.318 e. The van der Waals surface area contributed by atoms with Gasteiger partial charge in [0.25, 0.3) is 5.91 Å². The van der Waals surface area contributed by atoms with Crippen molar-refractivity contribution in [3.63, 3.8) is 0 Å². The summed E-state index contributed by atoms with van der Waals surface area (Å²) in [5, 5.41) is 8.42. The summed E-state index contributed by atoms with van der Waals surface area (Å²) >= 11 is 6.27. The topological polar surface area (TPSA) is 59.8 Å². The summed E-state index contributed by atoms with van der Waals surface area (Å²) in [5.41, 5.74) is 2.70. The van der Waals surface area contributed by atoms with Gasteiger partial charge in [-0.25, -0.2) is 4.98 Å². The van der Waals surface area contributed by atoms with E-state index in [1.54, 1.807) is 23.1 Å². The fraction of sp³-hybridized carbons (Fsp3) is 0.0500. The molecule has 2 heterocycles. The van der Waals surface area contributed by atoms with Gasteiger partial charge in [-0.15, -0.1) is 0 Å². The van der Waals surface area contributed by atoms with Crippen molar-refractivity contribution >= 4 is 34.1 Å². The number of halogens is 1. The van der Waals surface area contributed by atoms with Gasteiger partial charge in [-0.2, -0.15) is 5.10 Å². The maximum absolute atomic E-state index is 12.5. The predicted octanol–water partition coefficient (Wildman–Crippen LogP) is 4.39. The highest BCUT2D eigenvalue weighted by Gasteiger charge is 2.12.